The van der Waals surface area contributed by atoms with E-state index in [1.54, 1.807) is 12.3 Å². The normalized spacial score (nSPS) is 11.5. The maximum atomic E-state index is 12.7. The first-order valence-electron chi connectivity index (χ1n) is 11.1. The summed E-state index contributed by atoms with van der Waals surface area (Å²) in [6.45, 7) is 4.33. The summed E-state index contributed by atoms with van der Waals surface area (Å²) in [7, 11) is 3.95. The molecule has 0 atom stereocenters. The fraction of sp³-hybridized carbons (Fsp3) is 0.179. The van der Waals surface area contributed by atoms with Crippen molar-refractivity contribution in [2.24, 2.45) is 0 Å². The molecule has 3 aromatic carbocycles. The Labute approximate surface area is 204 Å². The number of carbonyl (C=O) groups is 1. The summed E-state index contributed by atoms with van der Waals surface area (Å²) in [6.07, 6.45) is 3.32. The van der Waals surface area contributed by atoms with Gasteiger partial charge in [0.15, 0.2) is 0 Å². The molecule has 6 heteroatoms. The Morgan fingerprint density at radius 1 is 1.09 bits per heavy atom. The van der Waals surface area contributed by atoms with Crippen molar-refractivity contribution < 1.29 is 13.9 Å². The van der Waals surface area contributed by atoms with E-state index in [9.17, 15) is 4.79 Å². The van der Waals surface area contributed by atoms with Gasteiger partial charge in [-0.25, -0.2) is 0 Å². The molecule has 0 aliphatic rings. The van der Waals surface area contributed by atoms with Gasteiger partial charge in [-0.1, -0.05) is 23.7 Å². The molecule has 0 radical (unpaired) electrons. The minimum atomic E-state index is -0.206. The number of rotatable bonds is 7. The van der Waals surface area contributed by atoms with Gasteiger partial charge in [-0.3, -0.25) is 4.79 Å². The Balaban J connectivity index is 1.67. The van der Waals surface area contributed by atoms with Crippen LogP contribution < -0.4 is 15.0 Å². The minimum Gasteiger partial charge on any atom is -0.493 e. The number of carbonyl (C=O) groups excluding carboxylic acids is 1. The Kier molecular flexibility index (Phi) is 6.94. The van der Waals surface area contributed by atoms with Gasteiger partial charge in [-0.05, 0) is 67.4 Å². The average Bonchev–Trinajstić information content (AvgIpc) is 3.22. The average molecular weight is 475 g/mol. The van der Waals surface area contributed by atoms with E-state index in [2.05, 4.69) is 5.32 Å². The van der Waals surface area contributed by atoms with E-state index in [4.69, 9.17) is 20.8 Å². The lowest BCUT2D eigenvalue weighted by atomic mass is 9.99. The third-order valence-corrected chi connectivity index (χ3v) is 5.81. The zero-order valence-electron chi connectivity index (χ0n) is 19.7. The first kappa shape index (κ1) is 23.5. The largest absolute Gasteiger partial charge is 0.493 e. The molecule has 0 spiro atoms. The van der Waals surface area contributed by atoms with Crippen LogP contribution in [0.4, 0.5) is 11.4 Å². The molecular weight excluding hydrogens is 448 g/mol. The topological polar surface area (TPSA) is 54.7 Å². The van der Waals surface area contributed by atoms with Gasteiger partial charge in [0.25, 0.3) is 0 Å². The Hall–Kier alpha value is -3.70. The predicted octanol–water partition coefficient (Wildman–Crippen LogP) is 7.26. The van der Waals surface area contributed by atoms with Crippen molar-refractivity contribution in [3.8, 4) is 16.9 Å². The van der Waals surface area contributed by atoms with Crippen molar-refractivity contribution in [1.82, 2.24) is 0 Å². The number of amides is 1. The van der Waals surface area contributed by atoms with Crippen molar-refractivity contribution in [1.29, 1.82) is 0 Å². The quantitative estimate of drug-likeness (QED) is 0.286. The number of fused-ring (bicyclic) bond motifs is 1. The number of anilines is 2. The molecular formula is C28H27ClN2O3. The van der Waals surface area contributed by atoms with Crippen molar-refractivity contribution >= 4 is 45.4 Å². The molecule has 0 aliphatic heterocycles. The van der Waals surface area contributed by atoms with Crippen LogP contribution in [0, 0.1) is 0 Å². The van der Waals surface area contributed by atoms with Crippen LogP contribution in [-0.2, 0) is 4.79 Å². The number of nitrogens with zero attached hydrogens (tertiary/aromatic N) is 1. The molecule has 4 rings (SSSR count). The lowest BCUT2D eigenvalue weighted by Crippen LogP contribution is -2.10. The molecule has 0 saturated heterocycles. The van der Waals surface area contributed by atoms with Gasteiger partial charge in [0.05, 0.1) is 12.9 Å². The number of allylic oxidation sites excluding steroid dienone is 1. The smallest absolute Gasteiger partial charge is 0.248 e. The number of halogens is 1. The molecule has 0 bridgehead atoms. The SMILES string of the molecule is CCOc1cc2occ(-c3ccc(Cl)cc3)c2cc1/C(C)=C/C(=O)Nc1ccc(N(C)C)cc1. The second kappa shape index (κ2) is 10.1. The van der Waals surface area contributed by atoms with Gasteiger partial charge in [0, 0.05) is 59.1 Å². The highest BCUT2D eigenvalue weighted by molar-refractivity contribution is 6.30. The lowest BCUT2D eigenvalue weighted by molar-refractivity contribution is -0.111. The summed E-state index contributed by atoms with van der Waals surface area (Å²) in [5, 5.41) is 4.55. The monoisotopic (exact) mass is 474 g/mol. The molecule has 0 aliphatic carbocycles. The van der Waals surface area contributed by atoms with Gasteiger partial charge in [-0.15, -0.1) is 0 Å². The molecule has 174 valence electrons. The van der Waals surface area contributed by atoms with Gasteiger partial charge in [0.1, 0.15) is 11.3 Å². The molecule has 1 heterocycles. The number of furan rings is 1. The molecule has 0 unspecified atom stereocenters. The fourth-order valence-electron chi connectivity index (χ4n) is 3.79. The zero-order chi connectivity index (χ0) is 24.2. The fourth-order valence-corrected chi connectivity index (χ4v) is 3.91. The van der Waals surface area contributed by atoms with E-state index in [0.29, 0.717) is 17.4 Å². The second-order valence-corrected chi connectivity index (χ2v) is 8.63. The molecule has 1 amide bonds. The van der Waals surface area contributed by atoms with E-state index in [1.807, 2.05) is 93.5 Å². The predicted molar refractivity (Wildman–Crippen MR) is 141 cm³/mol. The van der Waals surface area contributed by atoms with Crippen molar-refractivity contribution in [2.75, 3.05) is 30.9 Å². The van der Waals surface area contributed by atoms with E-state index < -0.39 is 0 Å². The molecule has 1 N–H and O–H groups in total. The summed E-state index contributed by atoms with van der Waals surface area (Å²) >= 11 is 6.05. The van der Waals surface area contributed by atoms with Crippen LogP contribution in [-0.4, -0.2) is 26.6 Å². The van der Waals surface area contributed by atoms with E-state index in [1.165, 1.54) is 0 Å². The second-order valence-electron chi connectivity index (χ2n) is 8.19. The van der Waals surface area contributed by atoms with E-state index in [0.717, 1.165) is 44.6 Å². The standard InChI is InChI=1S/C28H27ClN2O3/c1-5-33-26-16-27-24(25(17-34-27)19-6-8-20(29)9-7-19)15-23(26)18(2)14-28(32)30-21-10-12-22(13-11-21)31(3)4/h6-17H,5H2,1-4H3,(H,30,32)/b18-14+. The number of benzene rings is 3. The molecule has 0 fully saturated rings. The van der Waals surface area contributed by atoms with Gasteiger partial charge in [-0.2, -0.15) is 0 Å². The van der Waals surface area contributed by atoms with Crippen molar-refractivity contribution in [3.63, 3.8) is 0 Å². The molecule has 4 aromatic rings. The maximum absolute atomic E-state index is 12.7. The number of ether oxygens (including phenoxy) is 1. The summed E-state index contributed by atoms with van der Waals surface area (Å²) in [6, 6.07) is 19.2. The summed E-state index contributed by atoms with van der Waals surface area (Å²) < 4.78 is 11.7. The number of hydrogen-bond donors (Lipinski definition) is 1. The summed E-state index contributed by atoms with van der Waals surface area (Å²) in [4.78, 5) is 14.8. The van der Waals surface area contributed by atoms with E-state index >= 15 is 0 Å². The molecule has 0 saturated carbocycles. The van der Waals surface area contributed by atoms with Crippen LogP contribution in [0.25, 0.3) is 27.7 Å². The first-order chi connectivity index (χ1) is 16.4. The van der Waals surface area contributed by atoms with Crippen LogP contribution in [0.5, 0.6) is 5.75 Å². The summed E-state index contributed by atoms with van der Waals surface area (Å²) in [5.41, 5.74) is 6.10. The zero-order valence-corrected chi connectivity index (χ0v) is 20.4. The van der Waals surface area contributed by atoms with Gasteiger partial charge < -0.3 is 19.4 Å². The highest BCUT2D eigenvalue weighted by atomic mass is 35.5. The van der Waals surface area contributed by atoms with Crippen LogP contribution >= 0.6 is 11.6 Å². The highest BCUT2D eigenvalue weighted by Crippen LogP contribution is 2.37. The number of hydrogen-bond acceptors (Lipinski definition) is 4. The van der Waals surface area contributed by atoms with E-state index in [-0.39, 0.29) is 5.91 Å². The Bertz CT molecular complexity index is 1340. The highest BCUT2D eigenvalue weighted by Gasteiger charge is 2.15. The minimum absolute atomic E-state index is 0.206. The number of nitrogens with one attached hydrogen (secondary N) is 1. The van der Waals surface area contributed by atoms with Crippen LogP contribution in [0.15, 0.2) is 77.4 Å². The van der Waals surface area contributed by atoms with Crippen molar-refractivity contribution in [3.05, 3.63) is 83.6 Å². The third kappa shape index (κ3) is 5.10. The molecule has 1 aromatic heterocycles. The maximum Gasteiger partial charge on any atom is 0.248 e. The molecule has 5 nitrogen and oxygen atoms in total. The van der Waals surface area contributed by atoms with Crippen LogP contribution in [0.3, 0.4) is 0 Å². The third-order valence-electron chi connectivity index (χ3n) is 5.55. The molecule has 34 heavy (non-hydrogen) atoms. The van der Waals surface area contributed by atoms with Crippen LogP contribution in [0.1, 0.15) is 19.4 Å². The first-order valence-corrected chi connectivity index (χ1v) is 11.4. The van der Waals surface area contributed by atoms with Gasteiger partial charge >= 0.3 is 0 Å². The van der Waals surface area contributed by atoms with Gasteiger partial charge in [0.2, 0.25) is 5.91 Å². The summed E-state index contributed by atoms with van der Waals surface area (Å²) in [5.74, 6) is 0.464. The Morgan fingerprint density at radius 2 is 1.79 bits per heavy atom. The van der Waals surface area contributed by atoms with Crippen molar-refractivity contribution in [2.45, 2.75) is 13.8 Å². The lowest BCUT2D eigenvalue weighted by Gasteiger charge is -2.13. The van der Waals surface area contributed by atoms with Crippen LogP contribution in [0.2, 0.25) is 5.02 Å². The Morgan fingerprint density at radius 3 is 2.44 bits per heavy atom.